The standard InChI is InChI=1S/C14H19.Fe/c1-3-9-8-13-10-5-6-11(7-10)14(13)12(9)4-2;/h5-6,8,10-11,13-14H,3-4,7H2,1-2H3;/q-1;. The Bertz CT molecular complexity index is 302. The van der Waals surface area contributed by atoms with Gasteiger partial charge in [0.05, 0.1) is 0 Å². The van der Waals surface area contributed by atoms with Crippen LogP contribution in [0, 0.1) is 29.6 Å². The van der Waals surface area contributed by atoms with Crippen LogP contribution in [0.5, 0.6) is 0 Å². The fraction of sp³-hybridized carbons (Fsp3) is 0.643. The molecule has 0 aromatic heterocycles. The molecule has 0 aromatic carbocycles. The summed E-state index contributed by atoms with van der Waals surface area (Å²) in [5, 5.41) is 0. The summed E-state index contributed by atoms with van der Waals surface area (Å²) in [6.45, 7) is 4.63. The summed E-state index contributed by atoms with van der Waals surface area (Å²) in [6, 6.07) is 0. The van der Waals surface area contributed by atoms with E-state index in [9.17, 15) is 0 Å². The van der Waals surface area contributed by atoms with Gasteiger partial charge in [0.2, 0.25) is 0 Å². The van der Waals surface area contributed by atoms with E-state index in [0.717, 1.165) is 23.7 Å². The first-order chi connectivity index (χ1) is 6.85. The molecule has 2 bridgehead atoms. The Hall–Kier alpha value is -0.131. The zero-order valence-electron chi connectivity index (χ0n) is 9.52. The first kappa shape index (κ1) is 11.4. The summed E-state index contributed by atoms with van der Waals surface area (Å²) in [6.07, 6.45) is 11.5. The van der Waals surface area contributed by atoms with Gasteiger partial charge in [-0.3, -0.25) is 0 Å². The molecule has 1 saturated carbocycles. The average molecular weight is 243 g/mol. The Labute approximate surface area is 104 Å². The second-order valence-electron chi connectivity index (χ2n) is 4.98. The second kappa shape index (κ2) is 4.03. The quantitative estimate of drug-likeness (QED) is 0.393. The summed E-state index contributed by atoms with van der Waals surface area (Å²) < 4.78 is 0. The molecule has 0 spiro atoms. The van der Waals surface area contributed by atoms with Gasteiger partial charge in [0.1, 0.15) is 0 Å². The number of hydrogen-bond donors (Lipinski definition) is 0. The number of allylic oxidation sites excluding steroid dienone is 4. The fourth-order valence-electron chi connectivity index (χ4n) is 3.94. The van der Waals surface area contributed by atoms with Gasteiger partial charge in [0, 0.05) is 17.1 Å². The molecule has 0 nitrogen and oxygen atoms in total. The Kier molecular flexibility index (Phi) is 3.05. The largest absolute Gasteiger partial charge is 0.224 e. The normalized spacial score (nSPS) is 40.4. The maximum atomic E-state index is 2.59. The molecule has 0 aliphatic heterocycles. The molecule has 0 N–H and O–H groups in total. The van der Waals surface area contributed by atoms with E-state index in [1.54, 1.807) is 11.5 Å². The van der Waals surface area contributed by atoms with Crippen LogP contribution in [0.1, 0.15) is 33.1 Å². The molecule has 1 fully saturated rings. The molecule has 3 aliphatic carbocycles. The fourth-order valence-corrected chi connectivity index (χ4v) is 3.94. The minimum Gasteiger partial charge on any atom is -0.224 e. The zero-order valence-corrected chi connectivity index (χ0v) is 10.6. The van der Waals surface area contributed by atoms with E-state index in [0.29, 0.717) is 0 Å². The van der Waals surface area contributed by atoms with Crippen LogP contribution in [-0.2, 0) is 17.1 Å². The number of hydrogen-bond acceptors (Lipinski definition) is 0. The summed E-state index contributed by atoms with van der Waals surface area (Å²) in [7, 11) is 0. The van der Waals surface area contributed by atoms with Crippen LogP contribution < -0.4 is 0 Å². The van der Waals surface area contributed by atoms with Crippen LogP contribution in [0.4, 0.5) is 0 Å². The van der Waals surface area contributed by atoms with E-state index < -0.39 is 0 Å². The van der Waals surface area contributed by atoms with Crippen molar-refractivity contribution in [2.75, 3.05) is 0 Å². The van der Waals surface area contributed by atoms with E-state index in [-0.39, 0.29) is 17.1 Å². The van der Waals surface area contributed by atoms with Gasteiger partial charge in [-0.25, -0.2) is 17.6 Å². The van der Waals surface area contributed by atoms with E-state index in [2.05, 4.69) is 32.1 Å². The molecule has 4 atom stereocenters. The van der Waals surface area contributed by atoms with E-state index in [1.165, 1.54) is 19.3 Å². The first-order valence-electron chi connectivity index (χ1n) is 6.10. The molecule has 3 aliphatic rings. The van der Waals surface area contributed by atoms with Crippen LogP contribution in [-0.4, -0.2) is 0 Å². The molecule has 1 heteroatoms. The summed E-state index contributed by atoms with van der Waals surface area (Å²) >= 11 is 0. The molecule has 0 amide bonds. The van der Waals surface area contributed by atoms with Crippen LogP contribution >= 0.6 is 0 Å². The minimum absolute atomic E-state index is 0. The van der Waals surface area contributed by atoms with Crippen molar-refractivity contribution < 1.29 is 17.1 Å². The predicted molar refractivity (Wildman–Crippen MR) is 59.6 cm³/mol. The molecule has 4 unspecified atom stereocenters. The van der Waals surface area contributed by atoms with Crippen molar-refractivity contribution in [3.05, 3.63) is 29.7 Å². The molecule has 0 heterocycles. The summed E-state index contributed by atoms with van der Waals surface area (Å²) in [5.41, 5.74) is 1.68. The van der Waals surface area contributed by atoms with Crippen molar-refractivity contribution in [1.82, 2.24) is 0 Å². The van der Waals surface area contributed by atoms with Gasteiger partial charge in [-0.05, 0) is 18.3 Å². The smallest absolute Gasteiger partial charge is 0 e. The van der Waals surface area contributed by atoms with Gasteiger partial charge in [0.25, 0.3) is 0 Å². The summed E-state index contributed by atoms with van der Waals surface area (Å²) in [4.78, 5) is 0. The van der Waals surface area contributed by atoms with Crippen molar-refractivity contribution in [2.45, 2.75) is 33.1 Å². The van der Waals surface area contributed by atoms with Crippen LogP contribution in [0.3, 0.4) is 0 Å². The average Bonchev–Trinajstić information content (AvgIpc) is 2.87. The third kappa shape index (κ3) is 1.44. The maximum Gasteiger partial charge on any atom is 0 e. The molecular formula is C14H19Fe-. The zero-order chi connectivity index (χ0) is 9.71. The topological polar surface area (TPSA) is 0 Å². The number of rotatable bonds is 2. The molecular weight excluding hydrogens is 224 g/mol. The second-order valence-corrected chi connectivity index (χ2v) is 4.98. The van der Waals surface area contributed by atoms with Gasteiger partial charge >= 0.3 is 0 Å². The monoisotopic (exact) mass is 243 g/mol. The molecule has 0 saturated heterocycles. The van der Waals surface area contributed by atoms with Crippen molar-refractivity contribution >= 4 is 0 Å². The summed E-state index contributed by atoms with van der Waals surface area (Å²) in [5.74, 6) is 5.35. The van der Waals surface area contributed by atoms with Crippen molar-refractivity contribution in [2.24, 2.45) is 23.7 Å². The third-order valence-corrected chi connectivity index (χ3v) is 4.49. The SMILES string of the molecule is CCC1=CC2C3C=CC(C3)C2[C-]1CC.[Fe]. The number of fused-ring (bicyclic) bond motifs is 5. The van der Waals surface area contributed by atoms with Crippen LogP contribution in [0.25, 0.3) is 0 Å². The Balaban J connectivity index is 0.000000853. The molecule has 84 valence electrons. The minimum atomic E-state index is 0. The van der Waals surface area contributed by atoms with E-state index in [4.69, 9.17) is 0 Å². The predicted octanol–water partition coefficient (Wildman–Crippen LogP) is 3.76. The molecule has 15 heavy (non-hydrogen) atoms. The van der Waals surface area contributed by atoms with Gasteiger partial charge in [-0.2, -0.15) is 0 Å². The van der Waals surface area contributed by atoms with E-state index >= 15 is 0 Å². The molecule has 0 radical (unpaired) electrons. The van der Waals surface area contributed by atoms with Crippen molar-refractivity contribution in [1.29, 1.82) is 0 Å². The van der Waals surface area contributed by atoms with Crippen LogP contribution in [0.2, 0.25) is 0 Å². The maximum absolute atomic E-state index is 2.59. The van der Waals surface area contributed by atoms with Crippen LogP contribution in [0.15, 0.2) is 23.8 Å². The van der Waals surface area contributed by atoms with Gasteiger partial charge in [-0.1, -0.05) is 44.3 Å². The van der Waals surface area contributed by atoms with Gasteiger partial charge in [0.15, 0.2) is 0 Å². The van der Waals surface area contributed by atoms with Gasteiger partial charge < -0.3 is 0 Å². The Morgan fingerprint density at radius 1 is 1.27 bits per heavy atom. The first-order valence-corrected chi connectivity index (χ1v) is 6.10. The molecule has 0 aromatic rings. The molecule has 3 rings (SSSR count). The van der Waals surface area contributed by atoms with Crippen molar-refractivity contribution in [3.8, 4) is 0 Å². The van der Waals surface area contributed by atoms with Gasteiger partial charge in [-0.15, -0.1) is 6.42 Å². The third-order valence-electron chi connectivity index (χ3n) is 4.49. The Morgan fingerprint density at radius 2 is 2.00 bits per heavy atom. The van der Waals surface area contributed by atoms with E-state index in [1.807, 2.05) is 0 Å². The Morgan fingerprint density at radius 3 is 2.67 bits per heavy atom. The van der Waals surface area contributed by atoms with Crippen molar-refractivity contribution in [3.63, 3.8) is 0 Å².